The van der Waals surface area contributed by atoms with E-state index in [4.69, 9.17) is 21.1 Å². The zero-order valence-corrected chi connectivity index (χ0v) is 18.8. The van der Waals surface area contributed by atoms with Crippen LogP contribution in [0, 0.1) is 12.7 Å². The molecule has 29 heavy (non-hydrogen) atoms. The van der Waals surface area contributed by atoms with Crippen molar-refractivity contribution >= 4 is 33.2 Å². The Morgan fingerprint density at radius 2 is 1.34 bits per heavy atom. The lowest BCUT2D eigenvalue weighted by Gasteiger charge is -2.27. The summed E-state index contributed by atoms with van der Waals surface area (Å²) < 4.78 is 26.3. The van der Waals surface area contributed by atoms with E-state index in [1.165, 1.54) is 0 Å². The van der Waals surface area contributed by atoms with Crippen LogP contribution >= 0.6 is 27.5 Å². The minimum atomic E-state index is -0.422. The number of halogens is 3. The zero-order chi connectivity index (χ0) is 21.0. The molecule has 3 nitrogen and oxygen atoms in total. The monoisotopic (exact) mass is 477 g/mol. The Morgan fingerprint density at radius 3 is 1.76 bits per heavy atom. The lowest BCUT2D eigenvalue weighted by molar-refractivity contribution is 0.414. The van der Waals surface area contributed by atoms with Gasteiger partial charge in [-0.1, -0.05) is 51.8 Å². The van der Waals surface area contributed by atoms with E-state index in [0.717, 1.165) is 27.1 Å². The third kappa shape index (κ3) is 5.03. The van der Waals surface area contributed by atoms with E-state index in [2.05, 4.69) is 15.9 Å². The van der Waals surface area contributed by atoms with Crippen LogP contribution in [0.15, 0.2) is 59.1 Å². The van der Waals surface area contributed by atoms with Crippen molar-refractivity contribution in [3.8, 4) is 11.5 Å². The second kappa shape index (κ2) is 9.51. The van der Waals surface area contributed by atoms with Crippen LogP contribution in [0.5, 0.6) is 11.5 Å². The summed E-state index contributed by atoms with van der Waals surface area (Å²) in [5, 5.41) is 0.129. The molecule has 0 aliphatic rings. The number of benzene rings is 3. The number of anilines is 1. The summed E-state index contributed by atoms with van der Waals surface area (Å²) in [6.45, 7) is 2.81. The van der Waals surface area contributed by atoms with Crippen molar-refractivity contribution in [3.63, 3.8) is 0 Å². The minimum absolute atomic E-state index is 0.129. The fraction of sp³-hybridized carbons (Fsp3) is 0.217. The van der Waals surface area contributed by atoms with Gasteiger partial charge in [-0.15, -0.1) is 0 Å². The van der Waals surface area contributed by atoms with Crippen LogP contribution in [0.25, 0.3) is 0 Å². The third-order valence-corrected chi connectivity index (χ3v) is 6.05. The second-order valence-corrected chi connectivity index (χ2v) is 7.91. The molecule has 0 radical (unpaired) electrons. The maximum Gasteiger partial charge on any atom is 0.165 e. The molecule has 3 aromatic carbocycles. The maximum absolute atomic E-state index is 15.1. The average Bonchev–Trinajstić information content (AvgIpc) is 2.75. The number of nitrogens with zero attached hydrogens (tertiary/aromatic N) is 1. The molecule has 3 rings (SSSR count). The number of hydrogen-bond donors (Lipinski definition) is 0. The summed E-state index contributed by atoms with van der Waals surface area (Å²) in [6, 6.07) is 17.3. The Balaban J connectivity index is 1.98. The first-order valence-corrected chi connectivity index (χ1v) is 10.2. The van der Waals surface area contributed by atoms with Gasteiger partial charge in [0.05, 0.1) is 24.9 Å². The fourth-order valence-corrected chi connectivity index (χ4v) is 3.76. The molecule has 0 saturated carbocycles. The number of ether oxygens (including phenoxy) is 2. The van der Waals surface area contributed by atoms with Crippen molar-refractivity contribution in [3.05, 3.63) is 86.6 Å². The smallest absolute Gasteiger partial charge is 0.165 e. The van der Waals surface area contributed by atoms with Crippen LogP contribution in [0.3, 0.4) is 0 Å². The van der Waals surface area contributed by atoms with Crippen LogP contribution in [-0.4, -0.2) is 14.2 Å². The molecular weight excluding hydrogens is 457 g/mol. The van der Waals surface area contributed by atoms with E-state index in [1.807, 2.05) is 53.4 Å². The van der Waals surface area contributed by atoms with Crippen LogP contribution < -0.4 is 14.4 Å². The molecule has 0 saturated heterocycles. The van der Waals surface area contributed by atoms with E-state index in [0.29, 0.717) is 24.3 Å². The first-order valence-electron chi connectivity index (χ1n) is 9.07. The van der Waals surface area contributed by atoms with E-state index in [1.54, 1.807) is 27.2 Å². The molecule has 0 heterocycles. The number of methoxy groups -OCH3 is 2. The van der Waals surface area contributed by atoms with Gasteiger partial charge in [0.1, 0.15) is 11.5 Å². The molecule has 3 aromatic rings. The number of rotatable bonds is 7. The van der Waals surface area contributed by atoms with Gasteiger partial charge in [-0.3, -0.25) is 0 Å². The molecule has 152 valence electrons. The SMILES string of the molecule is COc1ccc(CN(Cc2ccc(OC)cc2)c2cc(Br)c(C)c(Cl)c2F)cc1. The van der Waals surface area contributed by atoms with Gasteiger partial charge in [0.15, 0.2) is 5.82 Å². The van der Waals surface area contributed by atoms with E-state index < -0.39 is 5.82 Å². The van der Waals surface area contributed by atoms with Gasteiger partial charge in [-0.2, -0.15) is 0 Å². The van der Waals surface area contributed by atoms with E-state index >= 15 is 4.39 Å². The highest BCUT2D eigenvalue weighted by molar-refractivity contribution is 9.10. The topological polar surface area (TPSA) is 21.7 Å². The summed E-state index contributed by atoms with van der Waals surface area (Å²) in [6.07, 6.45) is 0. The molecule has 0 fully saturated rings. The predicted octanol–water partition coefficient (Wildman–Crippen LogP) is 6.77. The first-order chi connectivity index (χ1) is 13.9. The van der Waals surface area contributed by atoms with Crippen LogP contribution in [-0.2, 0) is 13.1 Å². The normalized spacial score (nSPS) is 10.7. The first kappa shape index (κ1) is 21.5. The minimum Gasteiger partial charge on any atom is -0.497 e. The van der Waals surface area contributed by atoms with E-state index in [9.17, 15) is 0 Å². The Bertz CT molecular complexity index is 928. The second-order valence-electron chi connectivity index (χ2n) is 6.68. The largest absolute Gasteiger partial charge is 0.497 e. The summed E-state index contributed by atoms with van der Waals surface area (Å²) in [4.78, 5) is 1.97. The van der Waals surface area contributed by atoms with Gasteiger partial charge in [-0.25, -0.2) is 4.39 Å². The lowest BCUT2D eigenvalue weighted by atomic mass is 10.1. The van der Waals surface area contributed by atoms with Gasteiger partial charge in [-0.05, 0) is 53.9 Å². The molecule has 0 aliphatic heterocycles. The predicted molar refractivity (Wildman–Crippen MR) is 120 cm³/mol. The van der Waals surface area contributed by atoms with Crippen molar-refractivity contribution < 1.29 is 13.9 Å². The lowest BCUT2D eigenvalue weighted by Crippen LogP contribution is -2.23. The molecular formula is C23H22BrClFNO2. The van der Waals surface area contributed by atoms with E-state index in [-0.39, 0.29) is 5.02 Å². The van der Waals surface area contributed by atoms with Gasteiger partial charge in [0.2, 0.25) is 0 Å². The highest BCUT2D eigenvalue weighted by Crippen LogP contribution is 2.36. The Labute approximate surface area is 184 Å². The molecule has 0 aromatic heterocycles. The van der Waals surface area contributed by atoms with Crippen molar-refractivity contribution in [2.45, 2.75) is 20.0 Å². The zero-order valence-electron chi connectivity index (χ0n) is 16.5. The quantitative estimate of drug-likeness (QED) is 0.350. The number of hydrogen-bond acceptors (Lipinski definition) is 3. The van der Waals surface area contributed by atoms with Crippen molar-refractivity contribution in [2.24, 2.45) is 0 Å². The van der Waals surface area contributed by atoms with Crippen molar-refractivity contribution in [2.75, 3.05) is 19.1 Å². The Hall–Kier alpha value is -2.24. The molecule has 0 aliphatic carbocycles. The molecule has 0 amide bonds. The molecule has 0 spiro atoms. The fourth-order valence-electron chi connectivity index (χ4n) is 3.03. The summed E-state index contributed by atoms with van der Waals surface area (Å²) in [5.74, 6) is 1.14. The molecule has 0 unspecified atom stereocenters. The van der Waals surface area contributed by atoms with Gasteiger partial charge in [0.25, 0.3) is 0 Å². The third-order valence-electron chi connectivity index (χ3n) is 4.77. The average molecular weight is 479 g/mol. The summed E-state index contributed by atoms with van der Waals surface area (Å²) >= 11 is 9.75. The van der Waals surface area contributed by atoms with Gasteiger partial charge >= 0.3 is 0 Å². The van der Waals surface area contributed by atoms with Crippen LogP contribution in [0.1, 0.15) is 16.7 Å². The summed E-state index contributed by atoms with van der Waals surface area (Å²) in [5.41, 5.74) is 3.19. The Kier molecular flexibility index (Phi) is 7.04. The highest BCUT2D eigenvalue weighted by atomic mass is 79.9. The standard InChI is InChI=1S/C23H22BrClFNO2/c1-15-20(24)12-21(23(26)22(15)25)27(13-16-4-8-18(28-2)9-5-16)14-17-6-10-19(29-3)11-7-17/h4-12H,13-14H2,1-3H3. The van der Waals surface area contributed by atoms with Crippen molar-refractivity contribution in [1.82, 2.24) is 0 Å². The molecule has 0 N–H and O–H groups in total. The van der Waals surface area contributed by atoms with Crippen LogP contribution in [0.4, 0.5) is 10.1 Å². The summed E-state index contributed by atoms with van der Waals surface area (Å²) in [7, 11) is 3.26. The van der Waals surface area contributed by atoms with Gasteiger partial charge < -0.3 is 14.4 Å². The van der Waals surface area contributed by atoms with Crippen molar-refractivity contribution in [1.29, 1.82) is 0 Å². The molecule has 6 heteroatoms. The molecule has 0 atom stereocenters. The van der Waals surface area contributed by atoms with Gasteiger partial charge in [0, 0.05) is 17.6 Å². The van der Waals surface area contributed by atoms with Crippen LogP contribution in [0.2, 0.25) is 5.02 Å². The Morgan fingerprint density at radius 1 is 0.897 bits per heavy atom. The molecule has 0 bridgehead atoms. The highest BCUT2D eigenvalue weighted by Gasteiger charge is 2.19. The maximum atomic E-state index is 15.1.